The van der Waals surface area contributed by atoms with Gasteiger partial charge < -0.3 is 13.9 Å². The van der Waals surface area contributed by atoms with Crippen LogP contribution in [0.2, 0.25) is 0 Å². The van der Waals surface area contributed by atoms with E-state index < -0.39 is 0 Å². The average molecular weight is 351 g/mol. The summed E-state index contributed by atoms with van der Waals surface area (Å²) in [5.41, 5.74) is 1.11. The van der Waals surface area contributed by atoms with E-state index in [-0.39, 0.29) is 0 Å². The summed E-state index contributed by atoms with van der Waals surface area (Å²) in [5, 5.41) is 0. The van der Waals surface area contributed by atoms with Crippen molar-refractivity contribution < 1.29 is 4.74 Å². The minimum absolute atomic E-state index is 0.494. The maximum atomic E-state index is 5.25. The third-order valence-corrected chi connectivity index (χ3v) is 5.16. The van der Waals surface area contributed by atoms with Gasteiger partial charge in [0.15, 0.2) is 0 Å². The predicted octanol–water partition coefficient (Wildman–Crippen LogP) is 2.99. The maximum Gasteiger partial charge on any atom is 0.127 e. The van der Waals surface area contributed by atoms with Crippen LogP contribution >= 0.6 is 0 Å². The summed E-state index contributed by atoms with van der Waals surface area (Å²) in [4.78, 5) is 11.7. The molecule has 0 unspecified atom stereocenters. The molecule has 6 heteroatoms. The number of likely N-dealkylation sites (tertiary alicyclic amines) is 1. The van der Waals surface area contributed by atoms with Crippen LogP contribution in [0.15, 0.2) is 49.1 Å². The topological polar surface area (TPSA) is 48.1 Å². The molecule has 1 fully saturated rings. The summed E-state index contributed by atoms with van der Waals surface area (Å²) in [6.45, 7) is 2.98. The zero-order chi connectivity index (χ0) is 17.9. The normalized spacial score (nSPS) is 18.2. The third kappa shape index (κ3) is 3.37. The zero-order valence-electron chi connectivity index (χ0n) is 15.4. The molecule has 0 saturated carbocycles. The zero-order valence-corrected chi connectivity index (χ0v) is 15.4. The van der Waals surface area contributed by atoms with Gasteiger partial charge >= 0.3 is 0 Å². The van der Waals surface area contributed by atoms with Crippen molar-refractivity contribution in [2.75, 3.05) is 20.2 Å². The SMILES string of the molecule is COc1ccc(-n2ccnc2CN2CCC[C@H](c3nccn3C)C2)cc1. The molecule has 0 spiro atoms. The van der Waals surface area contributed by atoms with Crippen molar-refractivity contribution in [3.63, 3.8) is 0 Å². The second kappa shape index (κ2) is 7.33. The van der Waals surface area contributed by atoms with E-state index in [2.05, 4.69) is 43.2 Å². The predicted molar refractivity (Wildman–Crippen MR) is 101 cm³/mol. The van der Waals surface area contributed by atoms with Crippen molar-refractivity contribution in [2.24, 2.45) is 7.05 Å². The van der Waals surface area contributed by atoms with Crippen molar-refractivity contribution in [2.45, 2.75) is 25.3 Å². The molecule has 0 bridgehead atoms. The molecule has 136 valence electrons. The lowest BCUT2D eigenvalue weighted by Gasteiger charge is -2.32. The van der Waals surface area contributed by atoms with E-state index in [0.29, 0.717) is 5.92 Å². The number of aryl methyl sites for hydroxylation is 1. The van der Waals surface area contributed by atoms with Gasteiger partial charge in [0.2, 0.25) is 0 Å². The monoisotopic (exact) mass is 351 g/mol. The van der Waals surface area contributed by atoms with Crippen molar-refractivity contribution in [3.05, 3.63) is 60.7 Å². The quantitative estimate of drug-likeness (QED) is 0.709. The fraction of sp³-hybridized carbons (Fsp3) is 0.400. The smallest absolute Gasteiger partial charge is 0.127 e. The summed E-state index contributed by atoms with van der Waals surface area (Å²) in [6, 6.07) is 8.10. The minimum atomic E-state index is 0.494. The molecule has 0 amide bonds. The van der Waals surface area contributed by atoms with Crippen molar-refractivity contribution in [1.82, 2.24) is 24.0 Å². The van der Waals surface area contributed by atoms with Gasteiger partial charge in [-0.2, -0.15) is 0 Å². The van der Waals surface area contributed by atoms with Crippen molar-refractivity contribution in [3.8, 4) is 11.4 Å². The van der Waals surface area contributed by atoms with Gasteiger partial charge in [-0.15, -0.1) is 0 Å². The first kappa shape index (κ1) is 16.8. The highest BCUT2D eigenvalue weighted by molar-refractivity contribution is 5.38. The van der Waals surface area contributed by atoms with Gasteiger partial charge in [-0.3, -0.25) is 4.90 Å². The number of piperidine rings is 1. The fourth-order valence-corrected chi connectivity index (χ4v) is 3.81. The standard InChI is InChI=1S/C20H25N5O/c1-23-12-9-22-20(23)16-4-3-11-24(14-16)15-19-21-10-13-25(19)17-5-7-18(26-2)8-6-17/h5-10,12-13,16H,3-4,11,14-15H2,1-2H3/t16-/m0/s1. The van der Waals surface area contributed by atoms with Crippen molar-refractivity contribution >= 4 is 0 Å². The lowest BCUT2D eigenvalue weighted by atomic mass is 9.97. The number of aromatic nitrogens is 4. The number of ether oxygens (including phenoxy) is 1. The van der Waals surface area contributed by atoms with Crippen LogP contribution in [0, 0.1) is 0 Å². The summed E-state index contributed by atoms with van der Waals surface area (Å²) in [6.07, 6.45) is 10.2. The number of imidazole rings is 2. The molecule has 1 aliphatic heterocycles. The van der Waals surface area contributed by atoms with Gasteiger partial charge in [0.05, 0.1) is 13.7 Å². The van der Waals surface area contributed by atoms with Crippen LogP contribution in [0.1, 0.15) is 30.4 Å². The molecule has 1 aromatic carbocycles. The van der Waals surface area contributed by atoms with Crippen LogP contribution in [-0.4, -0.2) is 44.2 Å². The van der Waals surface area contributed by atoms with Crippen LogP contribution < -0.4 is 4.74 Å². The van der Waals surface area contributed by atoms with Gasteiger partial charge in [-0.25, -0.2) is 9.97 Å². The van der Waals surface area contributed by atoms with Gasteiger partial charge in [0.25, 0.3) is 0 Å². The summed E-state index contributed by atoms with van der Waals surface area (Å²) in [5.74, 6) is 3.61. The molecule has 0 radical (unpaired) electrons. The first-order valence-corrected chi connectivity index (χ1v) is 9.11. The molecule has 3 heterocycles. The van der Waals surface area contributed by atoms with Gasteiger partial charge in [0.1, 0.15) is 17.4 Å². The van der Waals surface area contributed by atoms with Crippen LogP contribution in [0.5, 0.6) is 5.75 Å². The Kier molecular flexibility index (Phi) is 4.75. The van der Waals surface area contributed by atoms with Crippen LogP contribution in [0.4, 0.5) is 0 Å². The number of benzene rings is 1. The lowest BCUT2D eigenvalue weighted by Crippen LogP contribution is -2.35. The maximum absolute atomic E-state index is 5.25. The van der Waals surface area contributed by atoms with Crippen LogP contribution in [0.25, 0.3) is 5.69 Å². The van der Waals surface area contributed by atoms with Gasteiger partial charge in [-0.05, 0) is 43.7 Å². The number of hydrogen-bond acceptors (Lipinski definition) is 4. The molecule has 1 aliphatic rings. The molecule has 2 aromatic heterocycles. The van der Waals surface area contributed by atoms with Gasteiger partial charge in [-0.1, -0.05) is 0 Å². The molecular weight excluding hydrogens is 326 g/mol. The Morgan fingerprint density at radius 3 is 2.65 bits per heavy atom. The number of rotatable bonds is 5. The Hall–Kier alpha value is -2.60. The minimum Gasteiger partial charge on any atom is -0.497 e. The van der Waals surface area contributed by atoms with E-state index in [1.165, 1.54) is 18.7 Å². The number of hydrogen-bond donors (Lipinski definition) is 0. The molecule has 1 atom stereocenters. The van der Waals surface area contributed by atoms with Crippen LogP contribution in [-0.2, 0) is 13.6 Å². The molecule has 0 aliphatic carbocycles. The van der Waals surface area contributed by atoms with E-state index in [4.69, 9.17) is 4.74 Å². The van der Waals surface area contributed by atoms with E-state index in [0.717, 1.165) is 36.9 Å². The highest BCUT2D eigenvalue weighted by atomic mass is 16.5. The summed E-state index contributed by atoms with van der Waals surface area (Å²) in [7, 11) is 3.77. The van der Waals surface area contributed by atoms with E-state index in [9.17, 15) is 0 Å². The van der Waals surface area contributed by atoms with Gasteiger partial charge in [0, 0.05) is 50.0 Å². The Morgan fingerprint density at radius 1 is 1.12 bits per heavy atom. The van der Waals surface area contributed by atoms with E-state index >= 15 is 0 Å². The molecular formula is C20H25N5O. The summed E-state index contributed by atoms with van der Waals surface area (Å²) >= 11 is 0. The second-order valence-electron chi connectivity index (χ2n) is 6.88. The second-order valence-corrected chi connectivity index (χ2v) is 6.88. The average Bonchev–Trinajstić information content (AvgIpc) is 3.31. The molecule has 4 rings (SSSR count). The Labute approximate surface area is 154 Å². The molecule has 3 aromatic rings. The molecule has 1 saturated heterocycles. The Morgan fingerprint density at radius 2 is 1.92 bits per heavy atom. The highest BCUT2D eigenvalue weighted by Gasteiger charge is 2.25. The number of nitrogens with zero attached hydrogens (tertiary/aromatic N) is 5. The number of methoxy groups -OCH3 is 1. The van der Waals surface area contributed by atoms with E-state index in [1.807, 2.05) is 36.9 Å². The van der Waals surface area contributed by atoms with Crippen molar-refractivity contribution in [1.29, 1.82) is 0 Å². The highest BCUT2D eigenvalue weighted by Crippen LogP contribution is 2.26. The Balaban J connectivity index is 1.49. The largest absolute Gasteiger partial charge is 0.497 e. The molecule has 26 heavy (non-hydrogen) atoms. The van der Waals surface area contributed by atoms with Crippen LogP contribution in [0.3, 0.4) is 0 Å². The fourth-order valence-electron chi connectivity index (χ4n) is 3.81. The molecule has 0 N–H and O–H groups in total. The summed E-state index contributed by atoms with van der Waals surface area (Å²) < 4.78 is 9.56. The third-order valence-electron chi connectivity index (χ3n) is 5.16. The first-order valence-electron chi connectivity index (χ1n) is 9.11. The lowest BCUT2D eigenvalue weighted by molar-refractivity contribution is 0.190. The Bertz CT molecular complexity index is 851. The first-order chi connectivity index (χ1) is 12.7. The molecule has 6 nitrogen and oxygen atoms in total. The van der Waals surface area contributed by atoms with E-state index in [1.54, 1.807) is 7.11 Å².